The number of halogens is 1. The van der Waals surface area contributed by atoms with Crippen molar-refractivity contribution in [3.05, 3.63) is 59.1 Å². The quantitative estimate of drug-likeness (QED) is 0.775. The number of piperidine rings is 1. The third-order valence-electron chi connectivity index (χ3n) is 4.78. The van der Waals surface area contributed by atoms with E-state index >= 15 is 0 Å². The number of ether oxygens (including phenoxy) is 1. The van der Waals surface area contributed by atoms with E-state index in [1.54, 1.807) is 7.11 Å². The van der Waals surface area contributed by atoms with E-state index in [-0.39, 0.29) is 10.8 Å². The highest BCUT2D eigenvalue weighted by Gasteiger charge is 2.37. The van der Waals surface area contributed by atoms with Gasteiger partial charge >= 0.3 is 0 Å². The van der Waals surface area contributed by atoms with Crippen LogP contribution in [0.2, 0.25) is 5.02 Å². The summed E-state index contributed by atoms with van der Waals surface area (Å²) in [5.74, 6) is 0.413. The maximum absolute atomic E-state index is 13.1. The number of sulfonamides is 1. The van der Waals surface area contributed by atoms with Crippen LogP contribution < -0.4 is 10.1 Å². The molecule has 28 heavy (non-hydrogen) atoms. The first kappa shape index (κ1) is 20.6. The molecule has 0 unspecified atom stereocenters. The van der Waals surface area contributed by atoms with Crippen LogP contribution in [0.5, 0.6) is 5.75 Å². The Morgan fingerprint density at radius 2 is 1.96 bits per heavy atom. The Morgan fingerprint density at radius 1 is 1.21 bits per heavy atom. The molecule has 0 bridgehead atoms. The zero-order valence-electron chi connectivity index (χ0n) is 15.6. The van der Waals surface area contributed by atoms with E-state index in [2.05, 4.69) is 5.32 Å². The predicted molar refractivity (Wildman–Crippen MR) is 108 cm³/mol. The van der Waals surface area contributed by atoms with Crippen LogP contribution in [-0.2, 0) is 21.4 Å². The maximum atomic E-state index is 13.1. The van der Waals surface area contributed by atoms with E-state index in [9.17, 15) is 13.2 Å². The molecule has 2 aromatic carbocycles. The molecule has 0 aliphatic carbocycles. The van der Waals surface area contributed by atoms with Crippen LogP contribution in [0.25, 0.3) is 0 Å². The molecule has 0 spiro atoms. The third-order valence-corrected chi connectivity index (χ3v) is 6.95. The summed E-state index contributed by atoms with van der Waals surface area (Å²) in [5, 5.41) is 3.32. The van der Waals surface area contributed by atoms with Gasteiger partial charge in [0, 0.05) is 18.1 Å². The minimum Gasteiger partial charge on any atom is -0.497 e. The highest BCUT2D eigenvalue weighted by molar-refractivity contribution is 7.89. The standard InChI is InChI=1S/C20H23ClN2O4S/c1-27-17-6-4-5-15(13-17)14-22-20(24)19-7-2-3-12-23(19)28(25,26)18-10-8-16(21)9-11-18/h4-6,8-11,13,19H,2-3,7,12,14H2,1H3,(H,22,24)/t19-/m1/s1. The number of hydrogen-bond donors (Lipinski definition) is 1. The van der Waals surface area contributed by atoms with Crippen LogP contribution >= 0.6 is 11.6 Å². The van der Waals surface area contributed by atoms with Crippen LogP contribution in [0.15, 0.2) is 53.4 Å². The largest absolute Gasteiger partial charge is 0.497 e. The SMILES string of the molecule is COc1cccc(CNC(=O)[C@H]2CCCCN2S(=O)(=O)c2ccc(Cl)cc2)c1. The van der Waals surface area contributed by atoms with Gasteiger partial charge in [0.2, 0.25) is 15.9 Å². The fourth-order valence-corrected chi connectivity index (χ4v) is 5.07. The number of carbonyl (C=O) groups is 1. The van der Waals surface area contributed by atoms with Gasteiger partial charge in [-0.1, -0.05) is 30.2 Å². The second-order valence-electron chi connectivity index (χ2n) is 6.65. The molecular weight excluding hydrogens is 400 g/mol. The lowest BCUT2D eigenvalue weighted by Crippen LogP contribution is -2.51. The van der Waals surface area contributed by atoms with Gasteiger partial charge in [0.25, 0.3) is 0 Å². The fourth-order valence-electron chi connectivity index (χ4n) is 3.29. The van der Waals surface area contributed by atoms with E-state index in [0.717, 1.165) is 18.4 Å². The number of nitrogens with one attached hydrogen (secondary N) is 1. The minimum absolute atomic E-state index is 0.143. The molecule has 0 radical (unpaired) electrons. The first-order chi connectivity index (χ1) is 13.4. The Kier molecular flexibility index (Phi) is 6.59. The molecule has 1 fully saturated rings. The summed E-state index contributed by atoms with van der Waals surface area (Å²) < 4.78 is 32.6. The summed E-state index contributed by atoms with van der Waals surface area (Å²) >= 11 is 5.87. The van der Waals surface area contributed by atoms with Crippen LogP contribution in [0.3, 0.4) is 0 Å². The molecule has 1 aliphatic rings. The number of hydrogen-bond acceptors (Lipinski definition) is 4. The van der Waals surface area contributed by atoms with Crippen molar-refractivity contribution in [1.82, 2.24) is 9.62 Å². The third kappa shape index (κ3) is 4.66. The molecule has 1 saturated heterocycles. The zero-order valence-corrected chi connectivity index (χ0v) is 17.2. The van der Waals surface area contributed by atoms with Crippen LogP contribution in [0.1, 0.15) is 24.8 Å². The number of amides is 1. The summed E-state index contributed by atoms with van der Waals surface area (Å²) in [6.45, 7) is 0.629. The lowest BCUT2D eigenvalue weighted by atomic mass is 10.0. The minimum atomic E-state index is -3.77. The lowest BCUT2D eigenvalue weighted by molar-refractivity contribution is -0.125. The normalized spacial score (nSPS) is 17.9. The Bertz CT molecular complexity index is 931. The van der Waals surface area contributed by atoms with Crippen LogP contribution in [0.4, 0.5) is 0 Å². The summed E-state index contributed by atoms with van der Waals surface area (Å²) in [5.41, 5.74) is 0.885. The van der Waals surface area contributed by atoms with Gasteiger partial charge in [-0.15, -0.1) is 0 Å². The molecule has 1 amide bonds. The van der Waals surface area contributed by atoms with Gasteiger partial charge in [-0.05, 0) is 54.8 Å². The highest BCUT2D eigenvalue weighted by atomic mass is 35.5. The molecule has 150 valence electrons. The van der Waals surface area contributed by atoms with Gasteiger partial charge in [-0.2, -0.15) is 4.31 Å². The van der Waals surface area contributed by atoms with E-state index in [1.807, 2.05) is 24.3 Å². The summed E-state index contributed by atoms with van der Waals surface area (Å²) in [6.07, 6.45) is 2.03. The predicted octanol–water partition coefficient (Wildman–Crippen LogP) is 3.21. The first-order valence-corrected chi connectivity index (χ1v) is 10.9. The average molecular weight is 423 g/mol. The molecule has 1 aliphatic heterocycles. The summed E-state index contributed by atoms with van der Waals surface area (Å²) in [7, 11) is -2.19. The van der Waals surface area contributed by atoms with Crippen molar-refractivity contribution >= 4 is 27.5 Å². The van der Waals surface area contributed by atoms with Gasteiger partial charge in [0.1, 0.15) is 11.8 Å². The van der Waals surface area contributed by atoms with Crippen LogP contribution in [0, 0.1) is 0 Å². The Morgan fingerprint density at radius 3 is 2.68 bits per heavy atom. The lowest BCUT2D eigenvalue weighted by Gasteiger charge is -2.33. The molecule has 2 aromatic rings. The Hall–Kier alpha value is -2.09. The molecule has 3 rings (SSSR count). The van der Waals surface area contributed by atoms with E-state index in [1.165, 1.54) is 28.6 Å². The van der Waals surface area contributed by atoms with Gasteiger partial charge in [-0.3, -0.25) is 4.79 Å². The van der Waals surface area contributed by atoms with E-state index < -0.39 is 16.1 Å². The molecule has 0 saturated carbocycles. The number of nitrogens with zero attached hydrogens (tertiary/aromatic N) is 1. The van der Waals surface area contributed by atoms with Crippen molar-refractivity contribution in [3.8, 4) is 5.75 Å². The van der Waals surface area contributed by atoms with Crippen molar-refractivity contribution in [3.63, 3.8) is 0 Å². The number of carbonyl (C=O) groups excluding carboxylic acids is 1. The molecule has 0 aromatic heterocycles. The summed E-state index contributed by atoms with van der Waals surface area (Å²) in [6, 6.07) is 12.7. The van der Waals surface area contributed by atoms with Gasteiger partial charge in [0.15, 0.2) is 0 Å². The first-order valence-electron chi connectivity index (χ1n) is 9.10. The molecular formula is C20H23ClN2O4S. The monoisotopic (exact) mass is 422 g/mol. The zero-order chi connectivity index (χ0) is 20.1. The number of methoxy groups -OCH3 is 1. The van der Waals surface area contributed by atoms with E-state index in [0.29, 0.717) is 30.3 Å². The average Bonchev–Trinajstić information content (AvgIpc) is 2.72. The van der Waals surface area contributed by atoms with Crippen LogP contribution in [-0.4, -0.2) is 38.3 Å². The smallest absolute Gasteiger partial charge is 0.243 e. The molecule has 8 heteroatoms. The topological polar surface area (TPSA) is 75.7 Å². The fraction of sp³-hybridized carbons (Fsp3) is 0.350. The van der Waals surface area contributed by atoms with Crippen molar-refractivity contribution in [2.75, 3.05) is 13.7 Å². The molecule has 6 nitrogen and oxygen atoms in total. The number of benzene rings is 2. The van der Waals surface area contributed by atoms with Gasteiger partial charge in [0.05, 0.1) is 12.0 Å². The Balaban J connectivity index is 1.74. The van der Waals surface area contributed by atoms with E-state index in [4.69, 9.17) is 16.3 Å². The van der Waals surface area contributed by atoms with Crippen molar-refractivity contribution < 1.29 is 17.9 Å². The second kappa shape index (κ2) is 8.94. The molecule has 1 atom stereocenters. The van der Waals surface area contributed by atoms with Crippen molar-refractivity contribution in [2.24, 2.45) is 0 Å². The summed E-state index contributed by atoms with van der Waals surface area (Å²) in [4.78, 5) is 12.9. The molecule has 1 heterocycles. The van der Waals surface area contributed by atoms with Gasteiger partial charge < -0.3 is 10.1 Å². The number of rotatable bonds is 6. The van der Waals surface area contributed by atoms with Crippen molar-refractivity contribution in [2.45, 2.75) is 36.7 Å². The highest BCUT2D eigenvalue weighted by Crippen LogP contribution is 2.26. The van der Waals surface area contributed by atoms with Crippen molar-refractivity contribution in [1.29, 1.82) is 0 Å². The second-order valence-corrected chi connectivity index (χ2v) is 8.98. The maximum Gasteiger partial charge on any atom is 0.243 e. The Labute approximate surface area is 170 Å². The van der Waals surface area contributed by atoms with Gasteiger partial charge in [-0.25, -0.2) is 8.42 Å². The molecule has 1 N–H and O–H groups in total.